The summed E-state index contributed by atoms with van der Waals surface area (Å²) in [5.41, 5.74) is 0. The van der Waals surface area contributed by atoms with Gasteiger partial charge >= 0.3 is 0 Å². The molecule has 2 heterocycles. The molecule has 37 heavy (non-hydrogen) atoms. The molecule has 4 aromatic carbocycles. The third-order valence-electron chi connectivity index (χ3n) is 5.76. The number of hydrogen-bond donors (Lipinski definition) is 1. The topological polar surface area (TPSA) is 38.7 Å². The molecule has 0 aliphatic heterocycles. The summed E-state index contributed by atoms with van der Waals surface area (Å²) in [5, 5.41) is 12.1. The molecule has 0 bridgehead atoms. The molecule has 0 amide bonds. The lowest BCUT2D eigenvalue weighted by Crippen LogP contribution is -1.93. The van der Waals surface area contributed by atoms with Gasteiger partial charge in [0.05, 0.1) is 32.0 Å². The Bertz CT molecular complexity index is 1770. The van der Waals surface area contributed by atoms with E-state index in [1.165, 1.54) is 18.2 Å². The van der Waals surface area contributed by atoms with Crippen LogP contribution in [0.4, 0.5) is 17.6 Å². The van der Waals surface area contributed by atoms with Gasteiger partial charge in [-0.1, -0.05) is 12.1 Å². The normalized spacial score (nSPS) is 11.3. The molecular formula is C28H20F4O3S2. The van der Waals surface area contributed by atoms with Crippen molar-refractivity contribution in [1.82, 2.24) is 0 Å². The van der Waals surface area contributed by atoms with Gasteiger partial charge in [-0.25, -0.2) is 17.6 Å². The number of halogens is 4. The Balaban J connectivity index is 0.000000152. The van der Waals surface area contributed by atoms with Crippen LogP contribution in [0, 0.1) is 23.3 Å². The maximum atomic E-state index is 14.2. The van der Waals surface area contributed by atoms with Crippen molar-refractivity contribution in [3.63, 3.8) is 0 Å². The zero-order chi connectivity index (χ0) is 26.3. The molecule has 190 valence electrons. The number of fused-ring (bicyclic) bond motifs is 6. The number of rotatable bonds is 4. The lowest BCUT2D eigenvalue weighted by molar-refractivity contribution is 0.323. The third kappa shape index (κ3) is 4.32. The van der Waals surface area contributed by atoms with Crippen LogP contribution in [0.25, 0.3) is 40.3 Å². The summed E-state index contributed by atoms with van der Waals surface area (Å²) in [6, 6.07) is 14.3. The Morgan fingerprint density at radius 2 is 1.05 bits per heavy atom. The highest BCUT2D eigenvalue weighted by molar-refractivity contribution is 7.26. The second kappa shape index (κ2) is 10.1. The first-order chi connectivity index (χ1) is 17.8. The molecule has 0 saturated heterocycles. The minimum atomic E-state index is -0.712. The summed E-state index contributed by atoms with van der Waals surface area (Å²) in [6.07, 6.45) is 0. The van der Waals surface area contributed by atoms with Crippen LogP contribution in [0.5, 0.6) is 17.2 Å². The average Bonchev–Trinajstić information content (AvgIpc) is 3.47. The smallest absolute Gasteiger partial charge is 0.182 e. The van der Waals surface area contributed by atoms with Gasteiger partial charge in [-0.2, -0.15) is 0 Å². The van der Waals surface area contributed by atoms with E-state index in [4.69, 9.17) is 9.47 Å². The van der Waals surface area contributed by atoms with E-state index >= 15 is 0 Å². The van der Waals surface area contributed by atoms with Crippen molar-refractivity contribution in [3.8, 4) is 17.2 Å². The predicted octanol–water partition coefficient (Wildman–Crippen LogP) is 9.17. The number of ether oxygens (including phenoxy) is 2. The molecule has 0 saturated carbocycles. The van der Waals surface area contributed by atoms with Crippen molar-refractivity contribution >= 4 is 63.0 Å². The predicted molar refractivity (Wildman–Crippen MR) is 142 cm³/mol. The molecule has 0 unspecified atom stereocenters. The highest BCUT2D eigenvalue weighted by Crippen LogP contribution is 2.42. The molecule has 0 aliphatic rings. The summed E-state index contributed by atoms with van der Waals surface area (Å²) in [6.45, 7) is 4.34. The van der Waals surface area contributed by atoms with E-state index in [2.05, 4.69) is 0 Å². The zero-order valence-corrected chi connectivity index (χ0v) is 21.3. The number of thiophene rings is 2. The van der Waals surface area contributed by atoms with E-state index in [0.717, 1.165) is 33.4 Å². The number of benzene rings is 4. The Morgan fingerprint density at radius 3 is 1.59 bits per heavy atom. The van der Waals surface area contributed by atoms with Crippen LogP contribution in [0.1, 0.15) is 13.8 Å². The van der Waals surface area contributed by atoms with Crippen molar-refractivity contribution in [2.45, 2.75) is 13.8 Å². The Labute approximate surface area is 217 Å². The lowest BCUT2D eigenvalue weighted by atomic mass is 10.1. The summed E-state index contributed by atoms with van der Waals surface area (Å²) in [5.74, 6) is -1.97. The minimum absolute atomic E-state index is 0.159. The maximum Gasteiger partial charge on any atom is 0.182 e. The van der Waals surface area contributed by atoms with Gasteiger partial charge < -0.3 is 14.6 Å². The van der Waals surface area contributed by atoms with Gasteiger partial charge in [-0.05, 0) is 56.3 Å². The van der Waals surface area contributed by atoms with Crippen LogP contribution in [0.3, 0.4) is 0 Å². The first-order valence-electron chi connectivity index (χ1n) is 11.4. The van der Waals surface area contributed by atoms with Gasteiger partial charge in [0.1, 0.15) is 5.82 Å². The van der Waals surface area contributed by atoms with Gasteiger partial charge in [-0.3, -0.25) is 0 Å². The van der Waals surface area contributed by atoms with E-state index < -0.39 is 23.2 Å². The fourth-order valence-corrected chi connectivity index (χ4v) is 6.42. The van der Waals surface area contributed by atoms with Crippen molar-refractivity contribution in [1.29, 1.82) is 0 Å². The molecular weight excluding hydrogens is 524 g/mol. The highest BCUT2D eigenvalue weighted by atomic mass is 32.1. The summed E-state index contributed by atoms with van der Waals surface area (Å²) < 4.78 is 67.8. The molecule has 0 fully saturated rings. The van der Waals surface area contributed by atoms with Gasteiger partial charge in [0.2, 0.25) is 0 Å². The fraction of sp³-hybridized carbons (Fsp3) is 0.143. The van der Waals surface area contributed by atoms with Crippen molar-refractivity contribution < 1.29 is 32.1 Å². The van der Waals surface area contributed by atoms with Gasteiger partial charge in [0.15, 0.2) is 34.7 Å². The number of hydrogen-bond acceptors (Lipinski definition) is 5. The zero-order valence-electron chi connectivity index (χ0n) is 19.7. The van der Waals surface area contributed by atoms with Gasteiger partial charge in [0.25, 0.3) is 0 Å². The Kier molecular flexibility index (Phi) is 6.83. The summed E-state index contributed by atoms with van der Waals surface area (Å²) in [4.78, 5) is 0. The van der Waals surface area contributed by atoms with E-state index in [-0.39, 0.29) is 22.0 Å². The molecule has 0 aliphatic carbocycles. The molecule has 9 heteroatoms. The number of phenols is 1. The summed E-state index contributed by atoms with van der Waals surface area (Å²) >= 11 is 2.10. The Hall–Kier alpha value is -3.56. The number of aromatic hydroxyl groups is 1. The van der Waals surface area contributed by atoms with Crippen LogP contribution in [0.15, 0.2) is 54.6 Å². The minimum Gasteiger partial charge on any atom is -0.505 e. The van der Waals surface area contributed by atoms with Gasteiger partial charge in [-0.15, -0.1) is 22.7 Å². The van der Waals surface area contributed by atoms with Crippen molar-refractivity contribution in [2.24, 2.45) is 0 Å². The van der Waals surface area contributed by atoms with Crippen LogP contribution < -0.4 is 9.47 Å². The second-order valence-electron chi connectivity index (χ2n) is 7.97. The van der Waals surface area contributed by atoms with Crippen LogP contribution in [-0.2, 0) is 0 Å². The third-order valence-corrected chi connectivity index (χ3v) is 8.18. The molecule has 3 nitrogen and oxygen atoms in total. The molecule has 0 radical (unpaired) electrons. The highest BCUT2D eigenvalue weighted by Gasteiger charge is 2.18. The largest absolute Gasteiger partial charge is 0.505 e. The van der Waals surface area contributed by atoms with Crippen LogP contribution >= 0.6 is 22.7 Å². The number of phenolic OH excluding ortho intramolecular Hbond substituents is 1. The van der Waals surface area contributed by atoms with E-state index in [0.29, 0.717) is 38.1 Å². The quantitative estimate of drug-likeness (QED) is 0.225. The van der Waals surface area contributed by atoms with Crippen molar-refractivity contribution in [2.75, 3.05) is 13.2 Å². The van der Waals surface area contributed by atoms with Crippen molar-refractivity contribution in [3.05, 3.63) is 77.9 Å². The van der Waals surface area contributed by atoms with E-state index in [9.17, 15) is 22.7 Å². The van der Waals surface area contributed by atoms with E-state index in [1.807, 2.05) is 0 Å². The van der Waals surface area contributed by atoms with E-state index in [1.54, 1.807) is 50.2 Å². The van der Waals surface area contributed by atoms with Crippen LogP contribution in [0.2, 0.25) is 0 Å². The van der Waals surface area contributed by atoms with Crippen LogP contribution in [-0.4, -0.2) is 18.3 Å². The Morgan fingerprint density at radius 1 is 0.595 bits per heavy atom. The SMILES string of the molecule is CCOc1ccc2c(sc3c(F)c(O)ccc32)c1F.CCOc1ccc2c(sc3c(F)cccc32)c1F. The monoisotopic (exact) mass is 544 g/mol. The first-order valence-corrected chi connectivity index (χ1v) is 13.1. The summed E-state index contributed by atoms with van der Waals surface area (Å²) in [7, 11) is 0. The lowest BCUT2D eigenvalue weighted by Gasteiger charge is -2.04. The molecule has 2 aromatic heterocycles. The maximum absolute atomic E-state index is 14.2. The molecule has 0 atom stereocenters. The fourth-order valence-electron chi connectivity index (χ4n) is 4.12. The molecule has 6 rings (SSSR count). The second-order valence-corrected chi connectivity index (χ2v) is 10.0. The first kappa shape index (κ1) is 25.1. The standard InChI is InChI=1S/C14H10F2O2S.C14H10F2OS/c1-2-18-10-6-4-8-7-3-5-9(17)11(15)13(7)19-14(8)12(10)16;1-2-17-11-7-6-9-8-4-3-5-10(15)13(8)18-14(9)12(11)16/h3-6,17H,2H2,1H3;3-7H,2H2,1H3. The molecule has 6 aromatic rings. The van der Waals surface area contributed by atoms with Gasteiger partial charge in [0, 0.05) is 21.5 Å². The molecule has 1 N–H and O–H groups in total. The molecule has 0 spiro atoms. The average molecular weight is 545 g/mol.